The topological polar surface area (TPSA) is 44.8 Å². The summed E-state index contributed by atoms with van der Waals surface area (Å²) in [5.41, 5.74) is 0.813. The summed E-state index contributed by atoms with van der Waals surface area (Å²) in [5.74, 6) is -0.435. The zero-order chi connectivity index (χ0) is 12.3. The second-order valence-corrected chi connectivity index (χ2v) is 4.10. The second-order valence-electron chi connectivity index (χ2n) is 3.66. The average molecular weight is 257 g/mol. The van der Waals surface area contributed by atoms with Crippen molar-refractivity contribution in [1.29, 1.82) is 0 Å². The molecule has 1 aliphatic rings. The lowest BCUT2D eigenvalue weighted by molar-refractivity contribution is -0.184. The molecule has 1 saturated heterocycles. The van der Waals surface area contributed by atoms with Crippen molar-refractivity contribution in [2.24, 2.45) is 0 Å². The molecule has 17 heavy (non-hydrogen) atoms. The van der Waals surface area contributed by atoms with E-state index >= 15 is 0 Å². The predicted molar refractivity (Wildman–Crippen MR) is 61.9 cm³/mol. The van der Waals surface area contributed by atoms with Crippen LogP contribution < -0.4 is 0 Å². The molecule has 92 valence electrons. The highest BCUT2D eigenvalue weighted by molar-refractivity contribution is 6.30. The molecule has 4 nitrogen and oxygen atoms in total. The number of hydrogen-bond acceptors (Lipinski definition) is 4. The maximum absolute atomic E-state index is 11.6. The first-order valence-corrected chi connectivity index (χ1v) is 5.66. The van der Waals surface area contributed by atoms with E-state index in [0.717, 1.165) is 5.56 Å². The number of esters is 1. The van der Waals surface area contributed by atoms with Crippen LogP contribution in [0, 0.1) is 0 Å². The van der Waals surface area contributed by atoms with Crippen LogP contribution in [0.4, 0.5) is 0 Å². The van der Waals surface area contributed by atoms with Crippen molar-refractivity contribution in [3.05, 3.63) is 34.9 Å². The summed E-state index contributed by atoms with van der Waals surface area (Å²) < 4.78 is 15.7. The highest BCUT2D eigenvalue weighted by Crippen LogP contribution is 2.28. The lowest BCUT2D eigenvalue weighted by Crippen LogP contribution is -2.39. The highest BCUT2D eigenvalue weighted by Gasteiger charge is 2.35. The minimum Gasteiger partial charge on any atom is -0.467 e. The molecular formula is C12H13ClO4. The first-order valence-electron chi connectivity index (χ1n) is 5.29. The van der Waals surface area contributed by atoms with E-state index in [1.807, 2.05) is 12.1 Å². The van der Waals surface area contributed by atoms with Gasteiger partial charge in [-0.2, -0.15) is 0 Å². The van der Waals surface area contributed by atoms with Gasteiger partial charge in [-0.25, -0.2) is 4.79 Å². The van der Waals surface area contributed by atoms with Crippen molar-refractivity contribution in [3.63, 3.8) is 0 Å². The lowest BCUT2D eigenvalue weighted by atomic mass is 10.0. The molecule has 0 aromatic heterocycles. The van der Waals surface area contributed by atoms with E-state index in [0.29, 0.717) is 18.2 Å². The van der Waals surface area contributed by atoms with Gasteiger partial charge in [-0.1, -0.05) is 23.7 Å². The number of hydrogen-bond donors (Lipinski definition) is 0. The molecule has 2 rings (SSSR count). The normalized spacial score (nSPS) is 24.4. The summed E-state index contributed by atoms with van der Waals surface area (Å²) in [6.07, 6.45) is -1.19. The van der Waals surface area contributed by atoms with Crippen LogP contribution in [-0.4, -0.2) is 32.4 Å². The molecule has 1 aromatic carbocycles. The fraction of sp³-hybridized carbons (Fsp3) is 0.417. The summed E-state index contributed by atoms with van der Waals surface area (Å²) in [7, 11) is 1.33. The maximum atomic E-state index is 11.6. The van der Waals surface area contributed by atoms with Crippen LogP contribution in [0.5, 0.6) is 0 Å². The Balaban J connectivity index is 2.24. The average Bonchev–Trinajstić information content (AvgIpc) is 2.38. The fourth-order valence-electron chi connectivity index (χ4n) is 1.79. The Hall–Kier alpha value is -1.10. The van der Waals surface area contributed by atoms with E-state index in [1.165, 1.54) is 7.11 Å². The van der Waals surface area contributed by atoms with Gasteiger partial charge in [0.25, 0.3) is 0 Å². The molecule has 0 aliphatic carbocycles. The quantitative estimate of drug-likeness (QED) is 0.759. The van der Waals surface area contributed by atoms with Gasteiger partial charge in [-0.3, -0.25) is 0 Å². The monoisotopic (exact) mass is 256 g/mol. The molecule has 0 bridgehead atoms. The summed E-state index contributed by atoms with van der Waals surface area (Å²) in [5, 5.41) is 0.597. The van der Waals surface area contributed by atoms with Crippen LogP contribution in [0.1, 0.15) is 11.7 Å². The maximum Gasteiger partial charge on any atom is 0.338 e. The Labute approximate surface area is 104 Å². The van der Waals surface area contributed by atoms with Crippen LogP contribution >= 0.6 is 11.6 Å². The first-order chi connectivity index (χ1) is 8.22. The SMILES string of the molecule is COC(=O)C1OCCOC1c1cccc(Cl)c1. The van der Waals surface area contributed by atoms with Crippen molar-refractivity contribution in [3.8, 4) is 0 Å². The lowest BCUT2D eigenvalue weighted by Gasteiger charge is -2.30. The standard InChI is InChI=1S/C12H13ClO4/c1-15-12(14)11-10(16-5-6-17-11)8-3-2-4-9(13)7-8/h2-4,7,10-11H,5-6H2,1H3. The number of methoxy groups -OCH3 is 1. The van der Waals surface area contributed by atoms with Gasteiger partial charge >= 0.3 is 5.97 Å². The summed E-state index contributed by atoms with van der Waals surface area (Å²) in [4.78, 5) is 11.6. The zero-order valence-corrected chi connectivity index (χ0v) is 10.1. The molecule has 0 N–H and O–H groups in total. The van der Waals surface area contributed by atoms with E-state index in [9.17, 15) is 4.79 Å². The van der Waals surface area contributed by atoms with Gasteiger partial charge in [0, 0.05) is 5.02 Å². The molecule has 0 spiro atoms. The van der Waals surface area contributed by atoms with Gasteiger partial charge < -0.3 is 14.2 Å². The fourth-order valence-corrected chi connectivity index (χ4v) is 1.99. The minimum atomic E-state index is -0.729. The Morgan fingerprint density at radius 1 is 1.41 bits per heavy atom. The molecule has 1 heterocycles. The van der Waals surface area contributed by atoms with E-state index in [1.54, 1.807) is 12.1 Å². The molecule has 0 radical (unpaired) electrons. The predicted octanol–water partition coefficient (Wildman–Crippen LogP) is 1.97. The van der Waals surface area contributed by atoms with Crippen molar-refractivity contribution in [2.75, 3.05) is 20.3 Å². The van der Waals surface area contributed by atoms with Crippen molar-refractivity contribution >= 4 is 17.6 Å². The van der Waals surface area contributed by atoms with Gasteiger partial charge in [0.05, 0.1) is 20.3 Å². The van der Waals surface area contributed by atoms with Gasteiger partial charge in [-0.15, -0.1) is 0 Å². The summed E-state index contributed by atoms with van der Waals surface area (Å²) >= 11 is 5.91. The van der Waals surface area contributed by atoms with Crippen LogP contribution in [0.3, 0.4) is 0 Å². The van der Waals surface area contributed by atoms with Crippen LogP contribution in [0.15, 0.2) is 24.3 Å². The molecule has 2 atom stereocenters. The Bertz CT molecular complexity index is 407. The van der Waals surface area contributed by atoms with Gasteiger partial charge in [0.1, 0.15) is 6.10 Å². The second kappa shape index (κ2) is 5.49. The number of carbonyl (C=O) groups is 1. The van der Waals surface area contributed by atoms with Crippen LogP contribution in [0.25, 0.3) is 0 Å². The van der Waals surface area contributed by atoms with Crippen molar-refractivity contribution < 1.29 is 19.0 Å². The van der Waals surface area contributed by atoms with Crippen LogP contribution in [0.2, 0.25) is 5.02 Å². The number of ether oxygens (including phenoxy) is 3. The van der Waals surface area contributed by atoms with Crippen molar-refractivity contribution in [1.82, 2.24) is 0 Å². The molecule has 5 heteroatoms. The Kier molecular flexibility index (Phi) is 3.99. The Morgan fingerprint density at radius 3 is 2.88 bits per heavy atom. The van der Waals surface area contributed by atoms with Gasteiger partial charge in [0.2, 0.25) is 0 Å². The van der Waals surface area contributed by atoms with Crippen LogP contribution in [-0.2, 0) is 19.0 Å². The third kappa shape index (κ3) is 2.77. The molecule has 1 aliphatic heterocycles. The van der Waals surface area contributed by atoms with Gasteiger partial charge in [-0.05, 0) is 17.7 Å². The first kappa shape index (κ1) is 12.4. The highest BCUT2D eigenvalue weighted by atomic mass is 35.5. The van der Waals surface area contributed by atoms with Gasteiger partial charge in [0.15, 0.2) is 6.10 Å². The minimum absolute atomic E-state index is 0.386. The number of rotatable bonds is 2. The van der Waals surface area contributed by atoms with E-state index in [4.69, 9.17) is 25.8 Å². The molecule has 0 amide bonds. The van der Waals surface area contributed by atoms with Crippen molar-refractivity contribution in [2.45, 2.75) is 12.2 Å². The van der Waals surface area contributed by atoms with E-state index in [2.05, 4.69) is 0 Å². The molecule has 2 unspecified atom stereocenters. The number of benzene rings is 1. The molecule has 0 saturated carbocycles. The summed E-state index contributed by atoms with van der Waals surface area (Å²) in [6.45, 7) is 0.835. The third-order valence-electron chi connectivity index (χ3n) is 2.56. The third-order valence-corrected chi connectivity index (χ3v) is 2.80. The van der Waals surface area contributed by atoms with E-state index in [-0.39, 0.29) is 0 Å². The largest absolute Gasteiger partial charge is 0.467 e. The molecule has 1 fully saturated rings. The number of carbonyl (C=O) groups excluding carboxylic acids is 1. The van der Waals surface area contributed by atoms with E-state index < -0.39 is 18.2 Å². The number of halogens is 1. The zero-order valence-electron chi connectivity index (χ0n) is 9.39. The summed E-state index contributed by atoms with van der Waals surface area (Å²) in [6, 6.07) is 7.18. The molecule has 1 aromatic rings. The smallest absolute Gasteiger partial charge is 0.338 e. The Morgan fingerprint density at radius 2 is 2.18 bits per heavy atom. The molecular weight excluding hydrogens is 244 g/mol.